The van der Waals surface area contributed by atoms with Crippen molar-refractivity contribution < 1.29 is 5.11 Å². The van der Waals surface area contributed by atoms with Crippen LogP contribution in [0.1, 0.15) is 11.8 Å². The van der Waals surface area contributed by atoms with Gasteiger partial charge >= 0.3 is 0 Å². The summed E-state index contributed by atoms with van der Waals surface area (Å²) < 4.78 is 0. The summed E-state index contributed by atoms with van der Waals surface area (Å²) in [5.41, 5.74) is 0. The van der Waals surface area contributed by atoms with Crippen molar-refractivity contribution in [1.82, 2.24) is 4.98 Å². The fourth-order valence-electron chi connectivity index (χ4n) is 0.716. The predicted molar refractivity (Wildman–Crippen MR) is 47.1 cm³/mol. The average Bonchev–Trinajstić information content (AvgIpc) is 2.48. The lowest BCUT2D eigenvalue weighted by atomic mass is 10.4. The van der Waals surface area contributed by atoms with E-state index in [1.165, 1.54) is 4.88 Å². The summed E-state index contributed by atoms with van der Waals surface area (Å²) in [6, 6.07) is 0. The molecule has 1 aromatic heterocycles. The average molecular weight is 172 g/mol. The molecule has 0 aliphatic rings. The van der Waals surface area contributed by atoms with Gasteiger partial charge in [0.15, 0.2) is 5.13 Å². The molecule has 1 rings (SSSR count). The lowest BCUT2D eigenvalue weighted by Gasteiger charge is -1.95. The number of aryl methyl sites for hydroxylation is 1. The van der Waals surface area contributed by atoms with Crippen molar-refractivity contribution in [1.29, 1.82) is 0 Å². The van der Waals surface area contributed by atoms with Crippen molar-refractivity contribution in [3.8, 4) is 0 Å². The molecular weight excluding hydrogens is 160 g/mol. The van der Waals surface area contributed by atoms with E-state index in [1.807, 2.05) is 6.20 Å². The van der Waals surface area contributed by atoms with Crippen molar-refractivity contribution in [2.75, 3.05) is 18.5 Å². The third-order valence-electron chi connectivity index (χ3n) is 1.29. The van der Waals surface area contributed by atoms with Gasteiger partial charge in [0.1, 0.15) is 0 Å². The summed E-state index contributed by atoms with van der Waals surface area (Å²) in [5.74, 6) is 0. The van der Waals surface area contributed by atoms with Gasteiger partial charge in [0.2, 0.25) is 0 Å². The normalized spacial score (nSPS) is 10.0. The van der Waals surface area contributed by atoms with Gasteiger partial charge in [-0.3, -0.25) is 0 Å². The number of thiazole rings is 1. The van der Waals surface area contributed by atoms with Gasteiger partial charge in [-0.2, -0.15) is 0 Å². The summed E-state index contributed by atoms with van der Waals surface area (Å²) in [6.45, 7) is 2.83. The zero-order chi connectivity index (χ0) is 8.10. The number of nitrogens with zero attached hydrogens (tertiary/aromatic N) is 1. The van der Waals surface area contributed by atoms with E-state index in [4.69, 9.17) is 5.11 Å². The second-order valence-electron chi connectivity index (χ2n) is 2.14. The first kappa shape index (κ1) is 8.49. The minimum atomic E-state index is 0.154. The van der Waals surface area contributed by atoms with Gasteiger partial charge < -0.3 is 10.4 Å². The molecule has 0 bridgehead atoms. The summed E-state index contributed by atoms with van der Waals surface area (Å²) >= 11 is 1.64. The first-order valence-corrected chi connectivity index (χ1v) is 4.48. The zero-order valence-corrected chi connectivity index (χ0v) is 7.32. The first-order chi connectivity index (χ1) is 5.36. The number of nitrogens with one attached hydrogen (secondary N) is 1. The van der Waals surface area contributed by atoms with E-state index in [-0.39, 0.29) is 6.61 Å². The van der Waals surface area contributed by atoms with Gasteiger partial charge in [-0.1, -0.05) is 6.92 Å². The SMILES string of the molecule is CCc1cnc(NCCO)s1. The van der Waals surface area contributed by atoms with Crippen LogP contribution in [-0.2, 0) is 6.42 Å². The molecule has 0 aromatic carbocycles. The van der Waals surface area contributed by atoms with Crippen molar-refractivity contribution in [2.24, 2.45) is 0 Å². The Morgan fingerprint density at radius 2 is 2.55 bits per heavy atom. The lowest BCUT2D eigenvalue weighted by molar-refractivity contribution is 0.311. The Kier molecular flexibility index (Phi) is 3.32. The van der Waals surface area contributed by atoms with Crippen LogP contribution >= 0.6 is 11.3 Å². The third kappa shape index (κ3) is 2.48. The highest BCUT2D eigenvalue weighted by atomic mass is 32.1. The zero-order valence-electron chi connectivity index (χ0n) is 6.50. The summed E-state index contributed by atoms with van der Waals surface area (Å²) in [5, 5.41) is 12.4. The van der Waals surface area contributed by atoms with Crippen LogP contribution in [0.5, 0.6) is 0 Å². The summed E-state index contributed by atoms with van der Waals surface area (Å²) in [6.07, 6.45) is 2.89. The number of hydrogen-bond donors (Lipinski definition) is 2. The first-order valence-electron chi connectivity index (χ1n) is 3.66. The van der Waals surface area contributed by atoms with Gasteiger partial charge in [-0.15, -0.1) is 11.3 Å². The van der Waals surface area contributed by atoms with Crippen LogP contribution in [0.25, 0.3) is 0 Å². The van der Waals surface area contributed by atoms with Gasteiger partial charge in [-0.25, -0.2) is 4.98 Å². The van der Waals surface area contributed by atoms with Crippen LogP contribution in [0.2, 0.25) is 0 Å². The Hall–Kier alpha value is -0.610. The van der Waals surface area contributed by atoms with Gasteiger partial charge in [0.05, 0.1) is 6.61 Å². The maximum atomic E-state index is 8.51. The second kappa shape index (κ2) is 4.31. The quantitative estimate of drug-likeness (QED) is 0.715. The minimum absolute atomic E-state index is 0.154. The Labute approximate surface area is 70.1 Å². The molecule has 0 saturated heterocycles. The molecule has 0 aliphatic heterocycles. The lowest BCUT2D eigenvalue weighted by Crippen LogP contribution is -2.04. The molecule has 62 valence electrons. The maximum Gasteiger partial charge on any atom is 0.182 e. The Morgan fingerprint density at radius 3 is 3.09 bits per heavy atom. The van der Waals surface area contributed by atoms with Crippen LogP contribution in [-0.4, -0.2) is 23.2 Å². The molecule has 0 aliphatic carbocycles. The molecule has 0 saturated carbocycles. The van der Waals surface area contributed by atoms with Crippen LogP contribution in [0.3, 0.4) is 0 Å². The van der Waals surface area contributed by atoms with E-state index < -0.39 is 0 Å². The number of hydrogen-bond acceptors (Lipinski definition) is 4. The fraction of sp³-hybridized carbons (Fsp3) is 0.571. The molecule has 0 spiro atoms. The highest BCUT2D eigenvalue weighted by Crippen LogP contribution is 2.17. The topological polar surface area (TPSA) is 45.2 Å². The highest BCUT2D eigenvalue weighted by molar-refractivity contribution is 7.15. The van der Waals surface area contributed by atoms with E-state index in [2.05, 4.69) is 17.2 Å². The van der Waals surface area contributed by atoms with Gasteiger partial charge in [0, 0.05) is 17.6 Å². The standard InChI is InChI=1S/C7H12N2OS/c1-2-6-5-9-7(11-6)8-3-4-10/h5,10H,2-4H2,1H3,(H,8,9). The number of aliphatic hydroxyl groups excluding tert-OH is 1. The van der Waals surface area contributed by atoms with Gasteiger partial charge in [-0.05, 0) is 6.42 Å². The van der Waals surface area contributed by atoms with E-state index in [9.17, 15) is 0 Å². The van der Waals surface area contributed by atoms with Crippen LogP contribution in [0.4, 0.5) is 5.13 Å². The van der Waals surface area contributed by atoms with E-state index in [0.29, 0.717) is 6.54 Å². The van der Waals surface area contributed by atoms with Crippen molar-refractivity contribution >= 4 is 16.5 Å². The smallest absolute Gasteiger partial charge is 0.182 e. The van der Waals surface area contributed by atoms with Crippen LogP contribution in [0.15, 0.2) is 6.20 Å². The number of aromatic nitrogens is 1. The highest BCUT2D eigenvalue weighted by Gasteiger charge is 1.97. The molecule has 4 heteroatoms. The summed E-state index contributed by atoms with van der Waals surface area (Å²) in [7, 11) is 0. The molecule has 0 atom stereocenters. The molecule has 1 heterocycles. The minimum Gasteiger partial charge on any atom is -0.395 e. The van der Waals surface area contributed by atoms with E-state index in [1.54, 1.807) is 11.3 Å². The molecule has 1 aromatic rings. The molecule has 0 fully saturated rings. The van der Waals surface area contributed by atoms with Crippen molar-refractivity contribution in [3.05, 3.63) is 11.1 Å². The van der Waals surface area contributed by atoms with E-state index >= 15 is 0 Å². The van der Waals surface area contributed by atoms with Crippen LogP contribution in [0, 0.1) is 0 Å². The number of rotatable bonds is 4. The molecule has 3 nitrogen and oxygen atoms in total. The third-order valence-corrected chi connectivity index (χ3v) is 2.39. The van der Waals surface area contributed by atoms with Crippen molar-refractivity contribution in [2.45, 2.75) is 13.3 Å². The summed E-state index contributed by atoms with van der Waals surface area (Å²) in [4.78, 5) is 5.39. The molecule has 0 unspecified atom stereocenters. The van der Waals surface area contributed by atoms with Gasteiger partial charge in [0.25, 0.3) is 0 Å². The Bertz CT molecular complexity index is 212. The largest absolute Gasteiger partial charge is 0.395 e. The monoisotopic (exact) mass is 172 g/mol. The Balaban J connectivity index is 2.44. The second-order valence-corrected chi connectivity index (χ2v) is 3.25. The molecule has 11 heavy (non-hydrogen) atoms. The number of aliphatic hydroxyl groups is 1. The molecular formula is C7H12N2OS. The maximum absolute atomic E-state index is 8.51. The molecule has 0 amide bonds. The predicted octanol–water partition coefficient (Wildman–Crippen LogP) is 1.11. The molecule has 2 N–H and O–H groups in total. The number of anilines is 1. The fourth-order valence-corrected chi connectivity index (χ4v) is 1.49. The van der Waals surface area contributed by atoms with E-state index in [0.717, 1.165) is 11.6 Å². The van der Waals surface area contributed by atoms with Crippen LogP contribution < -0.4 is 5.32 Å². The van der Waals surface area contributed by atoms with Crippen molar-refractivity contribution in [3.63, 3.8) is 0 Å². The molecule has 0 radical (unpaired) electrons. The Morgan fingerprint density at radius 1 is 1.73 bits per heavy atom.